The number of pyridine rings is 1. The third-order valence-electron chi connectivity index (χ3n) is 4.89. The summed E-state index contributed by atoms with van der Waals surface area (Å²) < 4.78 is 12.0. The largest absolute Gasteiger partial charge is 0.453 e. The van der Waals surface area contributed by atoms with E-state index in [4.69, 9.17) is 14.6 Å². The number of methoxy groups -OCH3 is 2. The first-order chi connectivity index (χ1) is 14.1. The highest BCUT2D eigenvalue weighted by Gasteiger charge is 2.28. The number of nitrogens with zero attached hydrogens (tertiary/aromatic N) is 4. The standard InChI is InChI=1S/C20H23N5O3S/c1-12-7-8-13(11-21-12)16-14-5-4-6-15-18(17(14)25(24-16)9-10-27-2)29-19(22-15)23-20(26)28-3/h7-8,11H,4-6,9-10H2,1-3H3,(H,22,23,26). The Morgan fingerprint density at radius 3 is 2.90 bits per heavy atom. The first-order valence-corrected chi connectivity index (χ1v) is 10.3. The molecule has 0 fully saturated rings. The van der Waals surface area contributed by atoms with Gasteiger partial charge < -0.3 is 9.47 Å². The Labute approximate surface area is 172 Å². The quantitative estimate of drug-likeness (QED) is 0.686. The van der Waals surface area contributed by atoms with Gasteiger partial charge >= 0.3 is 6.09 Å². The lowest BCUT2D eigenvalue weighted by Crippen LogP contribution is -2.10. The van der Waals surface area contributed by atoms with Gasteiger partial charge in [-0.1, -0.05) is 11.3 Å². The van der Waals surface area contributed by atoms with E-state index in [9.17, 15) is 4.79 Å². The summed E-state index contributed by atoms with van der Waals surface area (Å²) >= 11 is 1.45. The summed E-state index contributed by atoms with van der Waals surface area (Å²) in [6.07, 6.45) is 4.08. The number of fused-ring (bicyclic) bond motifs is 3. The average Bonchev–Trinajstić information content (AvgIpc) is 3.23. The highest BCUT2D eigenvalue weighted by molar-refractivity contribution is 7.19. The van der Waals surface area contributed by atoms with Crippen molar-refractivity contribution in [2.45, 2.75) is 32.7 Å². The zero-order valence-electron chi connectivity index (χ0n) is 16.7. The van der Waals surface area contributed by atoms with Crippen LogP contribution in [-0.2, 0) is 28.9 Å². The predicted molar refractivity (Wildman–Crippen MR) is 111 cm³/mol. The van der Waals surface area contributed by atoms with E-state index >= 15 is 0 Å². The number of carbonyl (C=O) groups is 1. The van der Waals surface area contributed by atoms with E-state index in [1.807, 2.05) is 23.9 Å². The minimum atomic E-state index is -0.520. The van der Waals surface area contributed by atoms with E-state index < -0.39 is 6.09 Å². The van der Waals surface area contributed by atoms with Crippen LogP contribution in [0.1, 0.15) is 23.4 Å². The van der Waals surface area contributed by atoms with E-state index in [1.165, 1.54) is 24.0 Å². The van der Waals surface area contributed by atoms with Crippen LogP contribution in [0.5, 0.6) is 0 Å². The first kappa shape index (κ1) is 19.5. The summed E-state index contributed by atoms with van der Waals surface area (Å²) in [6.45, 7) is 3.16. The molecule has 1 N–H and O–H groups in total. The summed E-state index contributed by atoms with van der Waals surface area (Å²) in [6, 6.07) is 4.07. The molecule has 1 amide bonds. The Morgan fingerprint density at radius 2 is 2.17 bits per heavy atom. The summed E-state index contributed by atoms with van der Waals surface area (Å²) in [5, 5.41) is 8.14. The number of aryl methyl sites for hydroxylation is 2. The molecule has 0 atom stereocenters. The molecule has 4 rings (SSSR count). The van der Waals surface area contributed by atoms with Crippen LogP contribution in [0.25, 0.3) is 21.8 Å². The smallest absolute Gasteiger partial charge is 0.413 e. The number of anilines is 1. The van der Waals surface area contributed by atoms with Crippen molar-refractivity contribution in [1.29, 1.82) is 0 Å². The average molecular weight is 414 g/mol. The lowest BCUT2D eigenvalue weighted by atomic mass is 10.0. The first-order valence-electron chi connectivity index (χ1n) is 9.47. The third-order valence-corrected chi connectivity index (χ3v) is 5.91. The van der Waals surface area contributed by atoms with Crippen LogP contribution in [0.3, 0.4) is 0 Å². The van der Waals surface area contributed by atoms with Gasteiger partial charge in [-0.15, -0.1) is 0 Å². The van der Waals surface area contributed by atoms with Gasteiger partial charge in [0.1, 0.15) is 0 Å². The molecule has 0 saturated carbocycles. The van der Waals surface area contributed by atoms with Gasteiger partial charge in [0.15, 0.2) is 5.13 Å². The van der Waals surface area contributed by atoms with E-state index in [1.54, 1.807) is 7.11 Å². The van der Waals surface area contributed by atoms with Crippen LogP contribution in [0.2, 0.25) is 0 Å². The van der Waals surface area contributed by atoms with Crippen LogP contribution < -0.4 is 5.32 Å². The molecule has 0 bridgehead atoms. The fraction of sp³-hybridized carbons (Fsp3) is 0.400. The zero-order valence-corrected chi connectivity index (χ0v) is 17.5. The lowest BCUT2D eigenvalue weighted by Gasteiger charge is -2.06. The summed E-state index contributed by atoms with van der Waals surface area (Å²) in [7, 11) is 3.02. The van der Waals surface area contributed by atoms with Crippen molar-refractivity contribution < 1.29 is 14.3 Å². The second kappa shape index (κ2) is 8.30. The molecule has 0 aliphatic heterocycles. The molecule has 0 spiro atoms. The van der Waals surface area contributed by atoms with Crippen molar-refractivity contribution in [3.8, 4) is 21.8 Å². The highest BCUT2D eigenvalue weighted by atomic mass is 32.1. The van der Waals surface area contributed by atoms with Gasteiger partial charge in [0.25, 0.3) is 0 Å². The van der Waals surface area contributed by atoms with Crippen molar-refractivity contribution in [1.82, 2.24) is 19.7 Å². The number of hydrogen-bond acceptors (Lipinski definition) is 7. The Hall–Kier alpha value is -2.78. The maximum Gasteiger partial charge on any atom is 0.413 e. The predicted octanol–water partition coefficient (Wildman–Crippen LogP) is 3.69. The van der Waals surface area contributed by atoms with Crippen molar-refractivity contribution in [2.24, 2.45) is 0 Å². The van der Waals surface area contributed by atoms with Crippen molar-refractivity contribution >= 4 is 22.6 Å². The normalized spacial score (nSPS) is 12.8. The molecular weight excluding hydrogens is 390 g/mol. The monoisotopic (exact) mass is 413 g/mol. The SMILES string of the molecule is COCCn1nc(-c2ccc(C)nc2)c2c1-c1sc(NC(=O)OC)nc1CCC2. The fourth-order valence-electron chi connectivity index (χ4n) is 3.50. The van der Waals surface area contributed by atoms with Crippen LogP contribution >= 0.6 is 11.3 Å². The summed E-state index contributed by atoms with van der Waals surface area (Å²) in [4.78, 5) is 21.7. The van der Waals surface area contributed by atoms with Crippen LogP contribution in [-0.4, -0.2) is 46.7 Å². The Kier molecular flexibility index (Phi) is 5.59. The summed E-state index contributed by atoms with van der Waals surface area (Å²) in [5.74, 6) is 0. The van der Waals surface area contributed by atoms with E-state index in [0.717, 1.165) is 52.5 Å². The topological polar surface area (TPSA) is 91.2 Å². The zero-order chi connectivity index (χ0) is 20.4. The number of rotatable bonds is 5. The third kappa shape index (κ3) is 3.88. The Balaban J connectivity index is 1.84. The molecule has 8 nitrogen and oxygen atoms in total. The van der Waals surface area contributed by atoms with Crippen molar-refractivity contribution in [3.63, 3.8) is 0 Å². The second-order valence-electron chi connectivity index (χ2n) is 6.84. The lowest BCUT2D eigenvalue weighted by molar-refractivity contribution is 0.184. The molecule has 3 aromatic heterocycles. The molecule has 29 heavy (non-hydrogen) atoms. The number of carbonyl (C=O) groups excluding carboxylic acids is 1. The number of amides is 1. The number of hydrogen-bond donors (Lipinski definition) is 1. The van der Waals surface area contributed by atoms with Crippen LogP contribution in [0.4, 0.5) is 9.93 Å². The van der Waals surface area contributed by atoms with Gasteiger partial charge in [0.2, 0.25) is 0 Å². The highest BCUT2D eigenvalue weighted by Crippen LogP contribution is 2.42. The van der Waals surface area contributed by atoms with Gasteiger partial charge in [0.05, 0.1) is 42.2 Å². The van der Waals surface area contributed by atoms with Crippen molar-refractivity contribution in [2.75, 3.05) is 26.1 Å². The molecule has 0 saturated heterocycles. The maximum absolute atomic E-state index is 11.6. The molecular formula is C20H23N5O3S. The molecule has 9 heteroatoms. The fourth-order valence-corrected chi connectivity index (χ4v) is 4.57. The van der Waals surface area contributed by atoms with Gasteiger partial charge in [-0.25, -0.2) is 9.78 Å². The molecule has 0 radical (unpaired) electrons. The van der Waals surface area contributed by atoms with Crippen LogP contribution in [0, 0.1) is 6.92 Å². The molecule has 0 aromatic carbocycles. The van der Waals surface area contributed by atoms with E-state index in [0.29, 0.717) is 18.3 Å². The molecule has 0 unspecified atom stereocenters. The number of ether oxygens (including phenoxy) is 2. The number of nitrogens with one attached hydrogen (secondary N) is 1. The summed E-state index contributed by atoms with van der Waals surface area (Å²) in [5.41, 5.74) is 6.16. The van der Waals surface area contributed by atoms with Crippen molar-refractivity contribution in [3.05, 3.63) is 35.3 Å². The number of aromatic nitrogens is 4. The minimum Gasteiger partial charge on any atom is -0.453 e. The van der Waals surface area contributed by atoms with Gasteiger partial charge in [0, 0.05) is 30.1 Å². The minimum absolute atomic E-state index is 0.520. The Bertz CT molecular complexity index is 1030. The maximum atomic E-state index is 11.6. The second-order valence-corrected chi connectivity index (χ2v) is 7.84. The molecule has 152 valence electrons. The molecule has 3 heterocycles. The van der Waals surface area contributed by atoms with Gasteiger partial charge in [-0.05, 0) is 38.3 Å². The van der Waals surface area contributed by atoms with E-state index in [2.05, 4.69) is 21.4 Å². The van der Waals surface area contributed by atoms with Gasteiger partial charge in [-0.2, -0.15) is 5.10 Å². The molecule has 3 aromatic rings. The Morgan fingerprint density at radius 1 is 1.31 bits per heavy atom. The molecule has 1 aliphatic carbocycles. The van der Waals surface area contributed by atoms with Crippen LogP contribution in [0.15, 0.2) is 18.3 Å². The van der Waals surface area contributed by atoms with Gasteiger partial charge in [-0.3, -0.25) is 15.0 Å². The number of thiazole rings is 1. The molecule has 1 aliphatic rings. The van der Waals surface area contributed by atoms with E-state index in [-0.39, 0.29) is 0 Å².